The van der Waals surface area contributed by atoms with E-state index in [-0.39, 0.29) is 6.05 Å². The average Bonchev–Trinajstić information content (AvgIpc) is 2.97. The van der Waals surface area contributed by atoms with Crippen LogP contribution in [0.25, 0.3) is 25.9 Å². The van der Waals surface area contributed by atoms with Crippen LogP contribution in [0.4, 0.5) is 0 Å². The molecule has 3 rings (SSSR count). The fraction of sp³-hybridized carbons (Fsp3) is 0.0588. The third-order valence-electron chi connectivity index (χ3n) is 3.00. The van der Waals surface area contributed by atoms with Gasteiger partial charge in [0.15, 0.2) is 0 Å². The molecular formula is C17H15NS. The van der Waals surface area contributed by atoms with E-state index in [0.29, 0.717) is 5.70 Å². The third kappa shape index (κ3) is 2.04. The zero-order valence-electron chi connectivity index (χ0n) is 14.2. The van der Waals surface area contributed by atoms with E-state index < -0.39 is 6.52 Å². The lowest BCUT2D eigenvalue weighted by Gasteiger charge is -2.09. The van der Waals surface area contributed by atoms with Crippen LogP contribution < -0.4 is 5.32 Å². The first-order valence-electron chi connectivity index (χ1n) is 8.12. The molecule has 94 valence electrons. The maximum absolute atomic E-state index is 7.89. The highest BCUT2D eigenvalue weighted by Gasteiger charge is 2.10. The molecule has 1 heterocycles. The topological polar surface area (TPSA) is 12.0 Å². The van der Waals surface area contributed by atoms with Gasteiger partial charge in [0.1, 0.15) is 0 Å². The van der Waals surface area contributed by atoms with Crippen LogP contribution in [0, 0.1) is 0 Å². The quantitative estimate of drug-likeness (QED) is 0.671. The molecule has 1 nitrogen and oxygen atoms in total. The summed E-state index contributed by atoms with van der Waals surface area (Å²) in [5.74, 6) is 0. The van der Waals surface area contributed by atoms with E-state index in [2.05, 4.69) is 17.4 Å². The lowest BCUT2D eigenvalue weighted by atomic mass is 10.0. The molecule has 19 heavy (non-hydrogen) atoms. The van der Waals surface area contributed by atoms with Crippen LogP contribution >= 0.6 is 11.3 Å². The smallest absolute Gasteiger partial charge is 0.0588 e. The first-order valence-corrected chi connectivity index (χ1v) is 6.70. The van der Waals surface area contributed by atoms with E-state index in [1.165, 1.54) is 11.3 Å². The van der Waals surface area contributed by atoms with E-state index in [1.807, 2.05) is 30.3 Å². The first-order chi connectivity index (χ1) is 11.2. The lowest BCUT2D eigenvalue weighted by Crippen LogP contribution is -2.10. The summed E-state index contributed by atoms with van der Waals surface area (Å²) in [5, 5.41) is 5.02. The highest BCUT2D eigenvalue weighted by molar-refractivity contribution is 7.25. The minimum Gasteiger partial charge on any atom is -0.382 e. The molecule has 2 aromatic carbocycles. The highest BCUT2D eigenvalue weighted by atomic mass is 32.1. The monoisotopic (exact) mass is 269 g/mol. The predicted molar refractivity (Wildman–Crippen MR) is 86.6 cm³/mol. The molecule has 1 aromatic heterocycles. The van der Waals surface area contributed by atoms with E-state index in [4.69, 9.17) is 5.48 Å². The number of hydrogen-bond donors (Lipinski definition) is 1. The van der Waals surface area contributed by atoms with Gasteiger partial charge in [-0.25, -0.2) is 0 Å². The van der Waals surface area contributed by atoms with Crippen LogP contribution in [-0.4, -0.2) is 6.52 Å². The summed E-state index contributed by atoms with van der Waals surface area (Å²) in [6, 6.07) is 13.9. The third-order valence-corrected chi connectivity index (χ3v) is 4.14. The molecule has 0 saturated carbocycles. The van der Waals surface area contributed by atoms with Crippen molar-refractivity contribution in [3.63, 3.8) is 0 Å². The molecule has 0 amide bonds. The molecule has 0 aliphatic rings. The molecule has 0 aliphatic carbocycles. The van der Waals surface area contributed by atoms with E-state index in [1.54, 1.807) is 11.3 Å². The first kappa shape index (κ1) is 8.18. The van der Waals surface area contributed by atoms with Gasteiger partial charge >= 0.3 is 0 Å². The largest absolute Gasteiger partial charge is 0.382 e. The summed E-state index contributed by atoms with van der Waals surface area (Å²) in [4.78, 5) is 0. The second-order valence-corrected chi connectivity index (χ2v) is 5.23. The van der Waals surface area contributed by atoms with Gasteiger partial charge in [0.25, 0.3) is 0 Å². The van der Waals surface area contributed by atoms with Crippen molar-refractivity contribution in [2.45, 2.75) is 0 Å². The standard InChI is InChI=1S/C17H15NS/c1-3-11-18-12(2)13-8-6-10-16-17(13)14-7-4-5-9-15(14)19-16/h3-10,18H,1-2,11H2/i1D,2D,3D,11D. The second-order valence-electron chi connectivity index (χ2n) is 4.15. The van der Waals surface area contributed by atoms with E-state index in [9.17, 15) is 0 Å². The fourth-order valence-electron chi connectivity index (χ4n) is 2.20. The lowest BCUT2D eigenvalue weighted by molar-refractivity contribution is 1.02. The zero-order chi connectivity index (χ0) is 16.4. The van der Waals surface area contributed by atoms with Crippen molar-refractivity contribution in [2.75, 3.05) is 6.52 Å². The number of nitrogens with one attached hydrogen (secondary N) is 1. The van der Waals surface area contributed by atoms with Crippen LogP contribution in [0.1, 0.15) is 11.0 Å². The van der Waals surface area contributed by atoms with Gasteiger partial charge in [-0.3, -0.25) is 0 Å². The van der Waals surface area contributed by atoms with Crippen LogP contribution in [0.15, 0.2) is 61.6 Å². The summed E-state index contributed by atoms with van der Waals surface area (Å²) < 4.78 is 32.5. The van der Waals surface area contributed by atoms with Gasteiger partial charge in [-0.15, -0.1) is 17.9 Å². The Labute approximate surface area is 122 Å². The molecule has 3 aromatic rings. The van der Waals surface area contributed by atoms with Gasteiger partial charge in [-0.05, 0) is 12.1 Å². The molecule has 0 aliphatic heterocycles. The van der Waals surface area contributed by atoms with Crippen molar-refractivity contribution >= 4 is 37.2 Å². The van der Waals surface area contributed by atoms with Crippen molar-refractivity contribution in [1.29, 1.82) is 0 Å². The molecule has 0 saturated heterocycles. The minimum absolute atomic E-state index is 0.147. The number of hydrogen-bond acceptors (Lipinski definition) is 2. The van der Waals surface area contributed by atoms with Crippen molar-refractivity contribution in [2.24, 2.45) is 0 Å². The van der Waals surface area contributed by atoms with Crippen LogP contribution in [0.2, 0.25) is 0 Å². The average molecular weight is 269 g/mol. The number of rotatable bonds is 4. The van der Waals surface area contributed by atoms with Crippen molar-refractivity contribution in [3.05, 3.63) is 67.2 Å². The summed E-state index contributed by atoms with van der Waals surface area (Å²) in [7, 11) is 0. The van der Waals surface area contributed by atoms with Gasteiger partial charge in [0, 0.05) is 38.0 Å². The number of benzene rings is 2. The maximum Gasteiger partial charge on any atom is 0.0588 e. The zero-order valence-corrected chi connectivity index (χ0v) is 11.0. The van der Waals surface area contributed by atoms with Crippen molar-refractivity contribution in [1.82, 2.24) is 5.32 Å². The summed E-state index contributed by atoms with van der Waals surface area (Å²) >= 11 is 1.69. The Bertz CT molecular complexity index is 913. The Morgan fingerprint density at radius 2 is 2.21 bits per heavy atom. The Balaban J connectivity index is 2.14. The summed E-state index contributed by atoms with van der Waals surface area (Å²) in [5.41, 5.74) is 1.32. The molecule has 0 spiro atoms. The van der Waals surface area contributed by atoms with Crippen molar-refractivity contribution < 1.29 is 5.48 Å². The predicted octanol–water partition coefficient (Wildman–Crippen LogP) is 4.80. The van der Waals surface area contributed by atoms with Gasteiger partial charge in [0.2, 0.25) is 0 Å². The van der Waals surface area contributed by atoms with Crippen LogP contribution in [-0.2, 0) is 0 Å². The molecule has 1 atom stereocenters. The maximum atomic E-state index is 7.89. The molecule has 2 heteroatoms. The second kappa shape index (κ2) is 4.90. The van der Waals surface area contributed by atoms with Gasteiger partial charge < -0.3 is 5.32 Å². The van der Waals surface area contributed by atoms with Crippen molar-refractivity contribution in [3.8, 4) is 0 Å². The Morgan fingerprint density at radius 1 is 1.32 bits per heavy atom. The number of fused-ring (bicyclic) bond motifs is 3. The van der Waals surface area contributed by atoms with Gasteiger partial charge in [-0.2, -0.15) is 0 Å². The molecule has 1 N–H and O–H groups in total. The van der Waals surface area contributed by atoms with Crippen LogP contribution in [0.3, 0.4) is 0 Å². The molecule has 0 bridgehead atoms. The van der Waals surface area contributed by atoms with Gasteiger partial charge in [0.05, 0.1) is 5.48 Å². The van der Waals surface area contributed by atoms with Gasteiger partial charge in [-0.1, -0.05) is 42.9 Å². The molecule has 0 fully saturated rings. The van der Waals surface area contributed by atoms with Crippen LogP contribution in [0.5, 0.6) is 0 Å². The Kier molecular flexibility index (Phi) is 2.11. The molecule has 0 radical (unpaired) electrons. The Morgan fingerprint density at radius 3 is 3.11 bits per heavy atom. The summed E-state index contributed by atoms with van der Waals surface area (Å²) in [6.45, 7) is 0.941. The molecule has 1 unspecified atom stereocenters. The SMILES string of the molecule is [2H]C=C(NC([2H])C([2H])=C[2H])c1cccc2sc3ccccc3c12. The Hall–Kier alpha value is -2.06. The fourth-order valence-corrected chi connectivity index (χ4v) is 3.33. The van der Waals surface area contributed by atoms with E-state index in [0.717, 1.165) is 27.6 Å². The normalized spacial score (nSPS) is 17.7. The molecular weight excluding hydrogens is 250 g/mol. The van der Waals surface area contributed by atoms with E-state index >= 15 is 0 Å². The number of thiophene rings is 1. The minimum atomic E-state index is -1.07. The summed E-state index contributed by atoms with van der Waals surface area (Å²) in [6.07, 6.45) is 0. The highest BCUT2D eigenvalue weighted by Crippen LogP contribution is 2.37.